The fourth-order valence-corrected chi connectivity index (χ4v) is 2.21. The molecule has 1 aromatic rings. The highest BCUT2D eigenvalue weighted by Crippen LogP contribution is 2.25. The van der Waals surface area contributed by atoms with E-state index in [2.05, 4.69) is 4.98 Å². The number of ether oxygens (including phenoxy) is 1. The molecule has 0 aliphatic carbocycles. The topological polar surface area (TPSA) is 62.7 Å². The molecule has 1 aliphatic rings. The fourth-order valence-electron chi connectivity index (χ4n) is 2.21. The Balaban J connectivity index is 2.16. The van der Waals surface area contributed by atoms with Gasteiger partial charge in [-0.1, -0.05) is 0 Å². The number of methoxy groups -OCH3 is 1. The minimum atomic E-state index is -0.928. The van der Waals surface area contributed by atoms with Crippen molar-refractivity contribution in [2.75, 3.05) is 31.7 Å². The van der Waals surface area contributed by atoms with E-state index >= 15 is 0 Å². The molecule has 92 valence electrons. The lowest BCUT2D eigenvalue weighted by Crippen LogP contribution is -2.24. The summed E-state index contributed by atoms with van der Waals surface area (Å²) >= 11 is 0. The van der Waals surface area contributed by atoms with Crippen LogP contribution in [0, 0.1) is 5.92 Å². The molecule has 1 saturated heterocycles. The molecule has 17 heavy (non-hydrogen) atoms. The number of rotatable bonds is 4. The fraction of sp³-hybridized carbons (Fsp3) is 0.500. The van der Waals surface area contributed by atoms with E-state index in [1.807, 2.05) is 4.90 Å². The first kappa shape index (κ1) is 11.9. The molecule has 1 aliphatic heterocycles. The number of nitrogens with zero attached hydrogens (tertiary/aromatic N) is 2. The predicted molar refractivity (Wildman–Crippen MR) is 63.4 cm³/mol. The molecule has 1 N–H and O–H groups in total. The van der Waals surface area contributed by atoms with E-state index in [0.717, 1.165) is 19.5 Å². The number of pyridine rings is 1. The van der Waals surface area contributed by atoms with Gasteiger partial charge in [-0.05, 0) is 18.6 Å². The van der Waals surface area contributed by atoms with E-state index < -0.39 is 5.97 Å². The number of carboxylic acids is 1. The summed E-state index contributed by atoms with van der Waals surface area (Å²) in [5.74, 6) is 0.102. The van der Waals surface area contributed by atoms with Crippen LogP contribution in [-0.4, -0.2) is 42.9 Å². The molecule has 5 nitrogen and oxygen atoms in total. The van der Waals surface area contributed by atoms with Gasteiger partial charge in [0.25, 0.3) is 0 Å². The van der Waals surface area contributed by atoms with Gasteiger partial charge in [-0.3, -0.25) is 0 Å². The van der Waals surface area contributed by atoms with Gasteiger partial charge < -0.3 is 14.7 Å². The van der Waals surface area contributed by atoms with Crippen molar-refractivity contribution < 1.29 is 14.6 Å². The largest absolute Gasteiger partial charge is 0.478 e. The van der Waals surface area contributed by atoms with E-state index in [4.69, 9.17) is 9.84 Å². The first-order valence-corrected chi connectivity index (χ1v) is 5.64. The van der Waals surface area contributed by atoms with Gasteiger partial charge in [-0.25, -0.2) is 9.78 Å². The van der Waals surface area contributed by atoms with Crippen molar-refractivity contribution in [2.24, 2.45) is 5.92 Å². The Morgan fingerprint density at radius 1 is 1.71 bits per heavy atom. The van der Waals surface area contributed by atoms with E-state index in [1.54, 1.807) is 25.4 Å². The van der Waals surface area contributed by atoms with E-state index in [-0.39, 0.29) is 5.56 Å². The first-order valence-electron chi connectivity index (χ1n) is 5.64. The molecule has 2 heterocycles. The molecule has 1 aromatic heterocycles. The number of carboxylic acid groups (broad SMARTS) is 1. The van der Waals surface area contributed by atoms with Crippen LogP contribution >= 0.6 is 0 Å². The summed E-state index contributed by atoms with van der Waals surface area (Å²) in [6, 6.07) is 3.24. The van der Waals surface area contributed by atoms with Crippen LogP contribution in [0.1, 0.15) is 16.8 Å². The molecule has 2 rings (SSSR count). The Bertz CT molecular complexity index is 408. The molecular weight excluding hydrogens is 220 g/mol. The Labute approximate surface area is 100 Å². The maximum Gasteiger partial charge on any atom is 0.339 e. The second-order valence-electron chi connectivity index (χ2n) is 4.24. The number of carbonyl (C=O) groups is 1. The second-order valence-corrected chi connectivity index (χ2v) is 4.24. The van der Waals surface area contributed by atoms with Gasteiger partial charge in [0, 0.05) is 32.3 Å². The van der Waals surface area contributed by atoms with Gasteiger partial charge >= 0.3 is 5.97 Å². The third kappa shape index (κ3) is 2.55. The van der Waals surface area contributed by atoms with Gasteiger partial charge in [0.15, 0.2) is 0 Å². The molecule has 5 heteroatoms. The van der Waals surface area contributed by atoms with Crippen LogP contribution < -0.4 is 4.90 Å². The summed E-state index contributed by atoms with van der Waals surface area (Å²) in [5.41, 5.74) is 0.269. The van der Waals surface area contributed by atoms with Crippen molar-refractivity contribution in [1.82, 2.24) is 4.98 Å². The number of anilines is 1. The zero-order valence-corrected chi connectivity index (χ0v) is 9.80. The lowest BCUT2D eigenvalue weighted by atomic mass is 10.1. The summed E-state index contributed by atoms with van der Waals surface area (Å²) < 4.78 is 5.12. The average molecular weight is 236 g/mol. The number of aromatic carboxylic acids is 1. The van der Waals surface area contributed by atoms with E-state index in [9.17, 15) is 4.79 Å². The van der Waals surface area contributed by atoms with Crippen molar-refractivity contribution in [2.45, 2.75) is 6.42 Å². The van der Waals surface area contributed by atoms with Crippen molar-refractivity contribution in [1.29, 1.82) is 0 Å². The van der Waals surface area contributed by atoms with Crippen LogP contribution in [0.25, 0.3) is 0 Å². The average Bonchev–Trinajstić information content (AvgIpc) is 2.78. The zero-order valence-electron chi connectivity index (χ0n) is 9.80. The van der Waals surface area contributed by atoms with Crippen LogP contribution in [0.4, 0.5) is 5.82 Å². The smallest absolute Gasteiger partial charge is 0.339 e. The zero-order chi connectivity index (χ0) is 12.3. The monoisotopic (exact) mass is 236 g/mol. The maximum absolute atomic E-state index is 11.1. The summed E-state index contributed by atoms with van der Waals surface area (Å²) in [6.45, 7) is 2.36. The molecule has 0 spiro atoms. The molecule has 0 saturated carbocycles. The summed E-state index contributed by atoms with van der Waals surface area (Å²) in [4.78, 5) is 17.3. The number of aromatic nitrogens is 1. The summed E-state index contributed by atoms with van der Waals surface area (Å²) in [7, 11) is 1.69. The predicted octanol–water partition coefficient (Wildman–Crippen LogP) is 1.25. The minimum absolute atomic E-state index is 0.269. The quantitative estimate of drug-likeness (QED) is 0.852. The van der Waals surface area contributed by atoms with Crippen LogP contribution in [0.15, 0.2) is 18.3 Å². The van der Waals surface area contributed by atoms with Crippen LogP contribution in [0.2, 0.25) is 0 Å². The Kier molecular flexibility index (Phi) is 3.58. The SMILES string of the molecule is COC[C@@H]1CCN(c2ncccc2C(=O)O)C1. The Morgan fingerprint density at radius 3 is 3.24 bits per heavy atom. The third-order valence-corrected chi connectivity index (χ3v) is 3.00. The molecule has 0 aromatic carbocycles. The van der Waals surface area contributed by atoms with Crippen molar-refractivity contribution in [3.63, 3.8) is 0 Å². The van der Waals surface area contributed by atoms with Gasteiger partial charge in [0.2, 0.25) is 0 Å². The molecule has 0 unspecified atom stereocenters. The van der Waals surface area contributed by atoms with Gasteiger partial charge in [0.1, 0.15) is 11.4 Å². The number of hydrogen-bond acceptors (Lipinski definition) is 4. The highest BCUT2D eigenvalue weighted by molar-refractivity contribution is 5.93. The highest BCUT2D eigenvalue weighted by Gasteiger charge is 2.26. The highest BCUT2D eigenvalue weighted by atomic mass is 16.5. The lowest BCUT2D eigenvalue weighted by Gasteiger charge is -2.19. The Morgan fingerprint density at radius 2 is 2.53 bits per heavy atom. The van der Waals surface area contributed by atoms with Crippen molar-refractivity contribution >= 4 is 11.8 Å². The molecule has 1 atom stereocenters. The van der Waals surface area contributed by atoms with Gasteiger partial charge in [-0.15, -0.1) is 0 Å². The van der Waals surface area contributed by atoms with Crippen LogP contribution in [-0.2, 0) is 4.74 Å². The second kappa shape index (κ2) is 5.14. The normalized spacial score (nSPS) is 19.6. The first-order chi connectivity index (χ1) is 8.22. The molecule has 0 radical (unpaired) electrons. The van der Waals surface area contributed by atoms with Crippen LogP contribution in [0.3, 0.4) is 0 Å². The third-order valence-electron chi connectivity index (χ3n) is 3.00. The van der Waals surface area contributed by atoms with E-state index in [1.165, 1.54) is 0 Å². The van der Waals surface area contributed by atoms with Crippen molar-refractivity contribution in [3.8, 4) is 0 Å². The lowest BCUT2D eigenvalue weighted by molar-refractivity contribution is 0.0697. The molecule has 1 fully saturated rings. The van der Waals surface area contributed by atoms with Crippen molar-refractivity contribution in [3.05, 3.63) is 23.9 Å². The van der Waals surface area contributed by atoms with Crippen LogP contribution in [0.5, 0.6) is 0 Å². The molecule has 0 amide bonds. The minimum Gasteiger partial charge on any atom is -0.478 e. The van der Waals surface area contributed by atoms with E-state index in [0.29, 0.717) is 18.3 Å². The Hall–Kier alpha value is -1.62. The summed E-state index contributed by atoms with van der Waals surface area (Å²) in [6.07, 6.45) is 2.65. The molecular formula is C12H16N2O3. The number of hydrogen-bond donors (Lipinski definition) is 1. The summed E-state index contributed by atoms with van der Waals surface area (Å²) in [5, 5.41) is 9.10. The van der Waals surface area contributed by atoms with Gasteiger partial charge in [-0.2, -0.15) is 0 Å². The van der Waals surface area contributed by atoms with Gasteiger partial charge in [0.05, 0.1) is 6.61 Å². The molecule has 0 bridgehead atoms. The maximum atomic E-state index is 11.1. The standard InChI is InChI=1S/C12H16N2O3/c1-17-8-9-4-6-14(7-9)11-10(12(15)16)3-2-5-13-11/h2-3,5,9H,4,6-8H2,1H3,(H,15,16)/t9-/m1/s1.